The van der Waals surface area contributed by atoms with Crippen molar-refractivity contribution in [1.82, 2.24) is 0 Å². The molecule has 2 aromatic carbocycles. The molecule has 1 aliphatic rings. The number of nitroso groups, excluding NO2 is 1. The predicted molar refractivity (Wildman–Crippen MR) is 86.3 cm³/mol. The first kappa shape index (κ1) is 15.1. The lowest BCUT2D eigenvalue weighted by Gasteiger charge is -2.19. The summed E-state index contributed by atoms with van der Waals surface area (Å²) < 4.78 is 4.90. The number of hydrogen-bond donors (Lipinski definition) is 0. The van der Waals surface area contributed by atoms with Crippen molar-refractivity contribution >= 4 is 29.5 Å². The zero-order valence-electron chi connectivity index (χ0n) is 11.8. The second-order valence-electron chi connectivity index (χ2n) is 4.62. The van der Waals surface area contributed by atoms with Crippen molar-refractivity contribution < 1.29 is 9.53 Å². The molecule has 3 rings (SSSR count). The quantitative estimate of drug-likeness (QED) is 0.513. The molecule has 112 valence electrons. The van der Waals surface area contributed by atoms with E-state index in [0.29, 0.717) is 5.56 Å². The molecule has 0 aromatic heterocycles. The SMILES string of the molecule is CCOC(=O)C(N=O)c1ccc2c(c1)Sc1ccccc1S2. The van der Waals surface area contributed by atoms with Gasteiger partial charge in [-0.05, 0) is 41.9 Å². The summed E-state index contributed by atoms with van der Waals surface area (Å²) in [5.41, 5.74) is 0.569. The molecule has 1 aliphatic heterocycles. The van der Waals surface area contributed by atoms with Crippen LogP contribution in [0.25, 0.3) is 0 Å². The highest BCUT2D eigenvalue weighted by atomic mass is 32.2. The highest BCUT2D eigenvalue weighted by Gasteiger charge is 2.25. The number of benzene rings is 2. The number of carbonyl (C=O) groups excluding carboxylic acids is 1. The van der Waals surface area contributed by atoms with E-state index < -0.39 is 12.0 Å². The molecule has 1 atom stereocenters. The van der Waals surface area contributed by atoms with Crippen molar-refractivity contribution in [2.24, 2.45) is 5.18 Å². The minimum absolute atomic E-state index is 0.230. The maximum Gasteiger partial charge on any atom is 0.339 e. The molecule has 6 heteroatoms. The van der Waals surface area contributed by atoms with Crippen molar-refractivity contribution in [3.8, 4) is 0 Å². The van der Waals surface area contributed by atoms with Gasteiger partial charge in [0.15, 0.2) is 0 Å². The third kappa shape index (κ3) is 2.89. The van der Waals surface area contributed by atoms with E-state index in [1.807, 2.05) is 24.3 Å². The number of hydrogen-bond acceptors (Lipinski definition) is 6. The molecule has 0 spiro atoms. The Kier molecular flexibility index (Phi) is 4.49. The summed E-state index contributed by atoms with van der Waals surface area (Å²) in [5.74, 6) is -0.605. The van der Waals surface area contributed by atoms with Gasteiger partial charge in [0.1, 0.15) is 0 Å². The minimum atomic E-state index is -1.10. The Morgan fingerprint density at radius 1 is 1.09 bits per heavy atom. The number of carbonyl (C=O) groups is 1. The van der Waals surface area contributed by atoms with Crippen molar-refractivity contribution in [1.29, 1.82) is 0 Å². The van der Waals surface area contributed by atoms with Gasteiger partial charge < -0.3 is 4.74 Å². The van der Waals surface area contributed by atoms with E-state index in [4.69, 9.17) is 4.74 Å². The summed E-state index contributed by atoms with van der Waals surface area (Å²) >= 11 is 3.32. The summed E-state index contributed by atoms with van der Waals surface area (Å²) in [6, 6.07) is 12.6. The van der Waals surface area contributed by atoms with Gasteiger partial charge in [-0.15, -0.1) is 4.91 Å². The highest BCUT2D eigenvalue weighted by Crippen LogP contribution is 2.48. The van der Waals surface area contributed by atoms with Crippen LogP contribution in [0.2, 0.25) is 0 Å². The number of esters is 1. The van der Waals surface area contributed by atoms with Gasteiger partial charge in [-0.3, -0.25) is 0 Å². The van der Waals surface area contributed by atoms with Gasteiger partial charge in [-0.25, -0.2) is 4.79 Å². The Morgan fingerprint density at radius 3 is 2.36 bits per heavy atom. The van der Waals surface area contributed by atoms with Crippen LogP contribution < -0.4 is 0 Å². The standard InChI is InChI=1S/C16H13NO3S2/c1-2-20-16(18)15(17-19)10-7-8-13-14(9-10)22-12-6-4-3-5-11(12)21-13/h3-9,15H,2H2,1H3. The van der Waals surface area contributed by atoms with E-state index >= 15 is 0 Å². The van der Waals surface area contributed by atoms with E-state index in [1.165, 1.54) is 9.79 Å². The van der Waals surface area contributed by atoms with Crippen molar-refractivity contribution in [3.05, 3.63) is 52.9 Å². The van der Waals surface area contributed by atoms with Crippen LogP contribution in [0.5, 0.6) is 0 Å². The third-order valence-electron chi connectivity index (χ3n) is 3.19. The molecule has 0 saturated carbocycles. The lowest BCUT2D eigenvalue weighted by Crippen LogP contribution is -2.14. The van der Waals surface area contributed by atoms with Crippen molar-refractivity contribution in [2.45, 2.75) is 32.5 Å². The van der Waals surface area contributed by atoms with Gasteiger partial charge in [-0.1, -0.05) is 41.7 Å². The first-order chi connectivity index (χ1) is 10.7. The van der Waals surface area contributed by atoms with E-state index in [2.05, 4.69) is 17.3 Å². The first-order valence-corrected chi connectivity index (χ1v) is 8.44. The Labute approximate surface area is 136 Å². The van der Waals surface area contributed by atoms with Crippen LogP contribution in [0.4, 0.5) is 0 Å². The molecule has 2 aromatic rings. The van der Waals surface area contributed by atoms with Gasteiger partial charge in [0.25, 0.3) is 0 Å². The zero-order valence-corrected chi connectivity index (χ0v) is 13.4. The fraction of sp³-hybridized carbons (Fsp3) is 0.188. The van der Waals surface area contributed by atoms with Gasteiger partial charge in [0.2, 0.25) is 6.04 Å². The second kappa shape index (κ2) is 6.54. The topological polar surface area (TPSA) is 55.7 Å². The number of fused-ring (bicyclic) bond motifs is 2. The fourth-order valence-corrected chi connectivity index (χ4v) is 4.44. The minimum Gasteiger partial charge on any atom is -0.464 e. The van der Waals surface area contributed by atoms with Crippen LogP contribution in [-0.2, 0) is 9.53 Å². The molecular weight excluding hydrogens is 318 g/mol. The number of rotatable bonds is 4. The monoisotopic (exact) mass is 331 g/mol. The van der Waals surface area contributed by atoms with Crippen LogP contribution in [0.15, 0.2) is 67.2 Å². The average molecular weight is 331 g/mol. The van der Waals surface area contributed by atoms with E-state index in [0.717, 1.165) is 9.79 Å². The normalized spacial score (nSPS) is 13.7. The van der Waals surface area contributed by atoms with Gasteiger partial charge in [0, 0.05) is 19.6 Å². The lowest BCUT2D eigenvalue weighted by molar-refractivity contribution is -0.144. The molecule has 0 saturated heterocycles. The first-order valence-electron chi connectivity index (χ1n) is 6.80. The molecule has 0 aliphatic carbocycles. The Bertz CT molecular complexity index is 733. The Hall–Kier alpha value is -1.79. The maximum atomic E-state index is 11.8. The number of ether oxygens (including phenoxy) is 1. The van der Waals surface area contributed by atoms with Crippen LogP contribution >= 0.6 is 23.5 Å². The summed E-state index contributed by atoms with van der Waals surface area (Å²) in [5, 5.41) is 2.93. The lowest BCUT2D eigenvalue weighted by atomic mass is 10.1. The second-order valence-corrected chi connectivity index (χ2v) is 6.78. The molecule has 0 bridgehead atoms. The summed E-state index contributed by atoms with van der Waals surface area (Å²) in [6.07, 6.45) is 0. The van der Waals surface area contributed by atoms with Crippen LogP contribution in [0.1, 0.15) is 18.5 Å². The summed E-state index contributed by atoms with van der Waals surface area (Å²) in [4.78, 5) is 27.4. The molecule has 1 unspecified atom stereocenters. The molecule has 0 N–H and O–H groups in total. The van der Waals surface area contributed by atoms with Crippen molar-refractivity contribution in [3.63, 3.8) is 0 Å². The van der Waals surface area contributed by atoms with E-state index in [1.54, 1.807) is 36.5 Å². The zero-order chi connectivity index (χ0) is 15.5. The molecule has 0 amide bonds. The molecule has 4 nitrogen and oxygen atoms in total. The van der Waals surface area contributed by atoms with Gasteiger partial charge >= 0.3 is 5.97 Å². The average Bonchev–Trinajstić information content (AvgIpc) is 2.54. The van der Waals surface area contributed by atoms with Crippen molar-refractivity contribution in [2.75, 3.05) is 6.61 Å². The smallest absolute Gasteiger partial charge is 0.339 e. The summed E-state index contributed by atoms with van der Waals surface area (Å²) in [6.45, 7) is 1.93. The van der Waals surface area contributed by atoms with E-state index in [-0.39, 0.29) is 6.61 Å². The van der Waals surface area contributed by atoms with E-state index in [9.17, 15) is 9.70 Å². The largest absolute Gasteiger partial charge is 0.464 e. The Morgan fingerprint density at radius 2 is 1.73 bits per heavy atom. The van der Waals surface area contributed by atoms with Crippen LogP contribution in [0.3, 0.4) is 0 Å². The Balaban J connectivity index is 1.92. The predicted octanol–water partition coefficient (Wildman–Crippen LogP) is 4.67. The van der Waals surface area contributed by atoms with Crippen LogP contribution in [-0.4, -0.2) is 12.6 Å². The molecular formula is C16H13NO3S2. The molecule has 1 heterocycles. The summed E-state index contributed by atoms with van der Waals surface area (Å²) in [7, 11) is 0. The highest BCUT2D eigenvalue weighted by molar-refractivity contribution is 8.05. The fourth-order valence-electron chi connectivity index (χ4n) is 2.18. The molecule has 0 radical (unpaired) electrons. The van der Waals surface area contributed by atoms with Gasteiger partial charge in [0.05, 0.1) is 6.61 Å². The molecule has 22 heavy (non-hydrogen) atoms. The maximum absolute atomic E-state index is 11.8. The third-order valence-corrected chi connectivity index (χ3v) is 5.73. The molecule has 0 fully saturated rings. The number of nitrogens with zero attached hydrogens (tertiary/aromatic N) is 1. The van der Waals surface area contributed by atoms with Crippen LogP contribution in [0, 0.1) is 4.91 Å². The van der Waals surface area contributed by atoms with Gasteiger partial charge in [-0.2, -0.15) is 0 Å².